The molecule has 3 amide bonds. The summed E-state index contributed by atoms with van der Waals surface area (Å²) in [6, 6.07) is 19.8. The average molecular weight is 717 g/mol. The fourth-order valence-corrected chi connectivity index (χ4v) is 6.56. The number of allylic oxidation sites excluding steroid dienone is 5. The van der Waals surface area contributed by atoms with Gasteiger partial charge in [-0.05, 0) is 103 Å². The monoisotopic (exact) mass is 716 g/mol. The van der Waals surface area contributed by atoms with E-state index in [4.69, 9.17) is 33.3 Å². The Balaban J connectivity index is 1.49. The van der Waals surface area contributed by atoms with Crippen LogP contribution in [0, 0.1) is 0 Å². The van der Waals surface area contributed by atoms with E-state index in [1.807, 2.05) is 24.3 Å². The molecule has 0 spiro atoms. The summed E-state index contributed by atoms with van der Waals surface area (Å²) >= 11 is 16.0. The van der Waals surface area contributed by atoms with E-state index in [0.29, 0.717) is 42.4 Å². The molecule has 1 saturated heterocycles. The Morgan fingerprint density at radius 1 is 0.898 bits per heavy atom. The van der Waals surface area contributed by atoms with Crippen molar-refractivity contribution in [2.45, 2.75) is 30.6 Å². The summed E-state index contributed by atoms with van der Waals surface area (Å²) in [6.07, 6.45) is 7.70. The summed E-state index contributed by atoms with van der Waals surface area (Å²) in [4.78, 5) is 45.3. The zero-order chi connectivity index (χ0) is 35.3. The topological polar surface area (TPSA) is 91.4 Å². The Kier molecular flexibility index (Phi) is 11.2. The molecule has 0 saturated carbocycles. The highest BCUT2D eigenvalue weighted by molar-refractivity contribution is 7.81. The van der Waals surface area contributed by atoms with Gasteiger partial charge in [-0.2, -0.15) is 0 Å². The van der Waals surface area contributed by atoms with Crippen molar-refractivity contribution in [1.82, 2.24) is 5.32 Å². The molecule has 254 valence electrons. The lowest BCUT2D eigenvalue weighted by atomic mass is 9.83. The van der Waals surface area contributed by atoms with E-state index in [1.54, 1.807) is 68.8 Å². The van der Waals surface area contributed by atoms with Gasteiger partial charge >= 0.3 is 0 Å². The molecule has 1 N–H and O–H groups in total. The molecule has 0 radical (unpaired) electrons. The molecule has 9 nitrogen and oxygen atoms in total. The van der Waals surface area contributed by atoms with E-state index in [-0.39, 0.29) is 27.9 Å². The van der Waals surface area contributed by atoms with Crippen LogP contribution in [0.4, 0.5) is 17.1 Å². The number of rotatable bonds is 11. The predicted octanol–water partition coefficient (Wildman–Crippen LogP) is 6.57. The Morgan fingerprint density at radius 3 is 1.98 bits per heavy atom. The molecule has 1 fully saturated rings. The van der Waals surface area contributed by atoms with E-state index in [0.717, 1.165) is 21.8 Å². The van der Waals surface area contributed by atoms with E-state index >= 15 is 0 Å². The third-order valence-corrected chi connectivity index (χ3v) is 9.30. The summed E-state index contributed by atoms with van der Waals surface area (Å²) in [6.45, 7) is 5.41. The van der Waals surface area contributed by atoms with Crippen LogP contribution in [0.15, 0.2) is 107 Å². The van der Waals surface area contributed by atoms with Crippen LogP contribution >= 0.6 is 36.4 Å². The minimum absolute atomic E-state index is 0.0282. The first-order valence-corrected chi connectivity index (χ1v) is 16.9. The number of anilines is 3. The average Bonchev–Trinajstić information content (AvgIpc) is 3.30. The molecule has 2 heterocycles. The van der Waals surface area contributed by atoms with Crippen LogP contribution in [0.2, 0.25) is 0 Å². The molecule has 2 aliphatic rings. The molecular formula is C37H37ClN4O5S2. The number of ether oxygens (including phenoxy) is 2. The van der Waals surface area contributed by atoms with E-state index in [9.17, 15) is 14.4 Å². The van der Waals surface area contributed by atoms with Crippen LogP contribution in [-0.4, -0.2) is 56.0 Å². The fourth-order valence-electron chi connectivity index (χ4n) is 5.88. The number of alkyl halides is 1. The van der Waals surface area contributed by atoms with Gasteiger partial charge in [0.15, 0.2) is 5.11 Å². The molecule has 0 aliphatic carbocycles. The van der Waals surface area contributed by atoms with Gasteiger partial charge in [0.05, 0.1) is 25.6 Å². The minimum atomic E-state index is -0.544. The van der Waals surface area contributed by atoms with Crippen molar-refractivity contribution >= 4 is 76.3 Å². The van der Waals surface area contributed by atoms with Crippen LogP contribution in [0.1, 0.15) is 25.8 Å². The molecule has 0 aromatic heterocycles. The number of thiol groups is 1. The van der Waals surface area contributed by atoms with Crippen molar-refractivity contribution in [3.8, 4) is 11.5 Å². The molecule has 0 atom stereocenters. The Bertz CT molecular complexity index is 1780. The molecule has 5 rings (SSSR count). The maximum atomic E-state index is 13.9. The molecule has 3 aromatic carbocycles. The molecule has 3 aromatic rings. The first-order valence-electron chi connectivity index (χ1n) is 15.6. The predicted molar refractivity (Wildman–Crippen MR) is 201 cm³/mol. The summed E-state index contributed by atoms with van der Waals surface area (Å²) in [5, 5.41) is 2.85. The second kappa shape index (κ2) is 15.3. The number of hydrogen-bond donors (Lipinski definition) is 2. The number of fused-ring (bicyclic) bond motifs is 1. The van der Waals surface area contributed by atoms with Crippen molar-refractivity contribution < 1.29 is 23.9 Å². The Hall–Kier alpha value is -4.58. The number of hydrogen-bond acceptors (Lipinski definition) is 8. The van der Waals surface area contributed by atoms with Crippen molar-refractivity contribution in [2.24, 2.45) is 0 Å². The number of nitrogens with one attached hydrogen (secondary N) is 1. The van der Waals surface area contributed by atoms with Gasteiger partial charge < -0.3 is 19.7 Å². The van der Waals surface area contributed by atoms with Gasteiger partial charge in [0, 0.05) is 34.8 Å². The zero-order valence-electron chi connectivity index (χ0n) is 27.6. The van der Waals surface area contributed by atoms with Crippen molar-refractivity contribution in [3.63, 3.8) is 0 Å². The number of methoxy groups -OCH3 is 2. The molecule has 2 aliphatic heterocycles. The highest BCUT2D eigenvalue weighted by atomic mass is 35.5. The largest absolute Gasteiger partial charge is 0.497 e. The second-order valence-electron chi connectivity index (χ2n) is 11.8. The quantitative estimate of drug-likeness (QED) is 0.0580. The first kappa shape index (κ1) is 35.7. The lowest BCUT2D eigenvalue weighted by Gasteiger charge is -2.36. The molecule has 0 unspecified atom stereocenters. The fraction of sp³-hybridized carbons (Fsp3) is 0.243. The maximum Gasteiger partial charge on any atom is 0.270 e. The van der Waals surface area contributed by atoms with E-state index < -0.39 is 11.8 Å². The number of carbonyl (C=O) groups excluding carboxylic acids is 3. The van der Waals surface area contributed by atoms with Crippen LogP contribution in [-0.2, 0) is 19.8 Å². The minimum Gasteiger partial charge on any atom is -0.497 e. The highest BCUT2D eigenvalue weighted by Crippen LogP contribution is 2.48. The summed E-state index contributed by atoms with van der Waals surface area (Å²) in [5.41, 5.74) is 3.75. The number of amides is 3. The van der Waals surface area contributed by atoms with Gasteiger partial charge in [-0.3, -0.25) is 24.2 Å². The smallest absolute Gasteiger partial charge is 0.270 e. The van der Waals surface area contributed by atoms with Crippen molar-refractivity contribution in [3.05, 3.63) is 108 Å². The van der Waals surface area contributed by atoms with E-state index in [1.165, 1.54) is 15.9 Å². The third kappa shape index (κ3) is 7.39. The van der Waals surface area contributed by atoms with Crippen LogP contribution in [0.5, 0.6) is 11.5 Å². The lowest BCUT2D eigenvalue weighted by molar-refractivity contribution is -0.121. The number of carbonyl (C=O) groups is 3. The number of thiocarbonyl (C=S) groups is 1. The number of nitrogens with zero attached hydrogens (tertiary/aromatic N) is 3. The number of benzene rings is 3. The van der Waals surface area contributed by atoms with Crippen molar-refractivity contribution in [2.75, 3.05) is 47.9 Å². The Labute approximate surface area is 302 Å². The van der Waals surface area contributed by atoms with Crippen LogP contribution in [0.3, 0.4) is 0 Å². The van der Waals surface area contributed by atoms with Crippen LogP contribution < -0.4 is 29.5 Å². The van der Waals surface area contributed by atoms with Gasteiger partial charge in [-0.1, -0.05) is 26.0 Å². The van der Waals surface area contributed by atoms with Gasteiger partial charge in [0.2, 0.25) is 5.91 Å². The lowest BCUT2D eigenvalue weighted by Crippen LogP contribution is -2.57. The van der Waals surface area contributed by atoms with Crippen LogP contribution in [0.25, 0.3) is 0 Å². The first-order chi connectivity index (χ1) is 23.5. The molecule has 0 bridgehead atoms. The van der Waals surface area contributed by atoms with Crippen molar-refractivity contribution in [1.29, 1.82) is 0 Å². The molecule has 49 heavy (non-hydrogen) atoms. The summed E-state index contributed by atoms with van der Waals surface area (Å²) in [7, 11) is 3.12. The van der Waals surface area contributed by atoms with Gasteiger partial charge in [0.25, 0.3) is 11.8 Å². The molecular weight excluding hydrogens is 680 g/mol. The normalized spacial score (nSPS) is 16.4. The summed E-state index contributed by atoms with van der Waals surface area (Å²) in [5.74, 6) is -0.145. The maximum absolute atomic E-state index is 13.9. The second-order valence-corrected chi connectivity index (χ2v) is 12.9. The standard InChI is InChI=1S/C37H37ClN4O5S2/c1-37(2)30-22-28(48)18-19-31(30)40(21-7-20-39-33(43)23-38)32(37)9-6-5-8-29-34(44)41(24-10-14-26(46-3)15-11-24)36(49)42(35(29)45)25-12-16-27(47-4)17-13-25/h5-6,8-19,22,48H,7,20-21,23H2,1-4H3,(H,39,43)/b6-5+,32-9+. The van der Waals surface area contributed by atoms with Gasteiger partial charge in [0.1, 0.15) is 23.0 Å². The molecule has 12 heteroatoms. The number of halogens is 1. The van der Waals surface area contributed by atoms with Gasteiger partial charge in [-0.15, -0.1) is 24.2 Å². The summed E-state index contributed by atoms with van der Waals surface area (Å²) < 4.78 is 10.6. The Morgan fingerprint density at radius 2 is 1.45 bits per heavy atom. The highest BCUT2D eigenvalue weighted by Gasteiger charge is 2.42. The van der Waals surface area contributed by atoms with E-state index in [2.05, 4.69) is 42.8 Å². The van der Waals surface area contributed by atoms with Gasteiger partial charge in [-0.25, -0.2) is 0 Å². The SMILES string of the molecule is COc1ccc(N2C(=O)C(=C/C=C/C=C3/N(CCCNC(=O)CCl)c4ccc(S)cc4C3(C)C)C(=O)N(c3ccc(OC)cc3)C2=S)cc1. The third-order valence-electron chi connectivity index (χ3n) is 8.42. The zero-order valence-corrected chi connectivity index (χ0v) is 30.1.